The molecule has 0 atom stereocenters. The number of hydrogen-bond acceptors (Lipinski definition) is 3. The van der Waals surface area contributed by atoms with Crippen LogP contribution in [-0.2, 0) is 0 Å². The number of hydrogen-bond donors (Lipinski definition) is 1. The number of nitrogens with zero attached hydrogens (tertiary/aromatic N) is 5. The molecule has 32 heavy (non-hydrogen) atoms. The Bertz CT molecular complexity index is 1860. The molecule has 5 aromatic rings. The van der Waals surface area contributed by atoms with E-state index in [4.69, 9.17) is 26.4 Å². The monoisotopic (exact) mass is 431 g/mol. The van der Waals surface area contributed by atoms with Gasteiger partial charge in [-0.1, -0.05) is 58.5 Å². The smallest absolute Gasteiger partial charge is 0.310 e. The van der Waals surface area contributed by atoms with Crippen LogP contribution in [0.4, 0.5) is 11.6 Å². The van der Waals surface area contributed by atoms with E-state index < -0.39 is 6.40 Å². The highest BCUT2D eigenvalue weighted by atomic mass is 35.5. The van der Waals surface area contributed by atoms with E-state index in [1.807, 2.05) is 45.4 Å². The first-order valence-electron chi connectivity index (χ1n) is 10.5. The quantitative estimate of drug-likeness (QED) is 0.364. The molecule has 4 bridgehead atoms. The van der Waals surface area contributed by atoms with Crippen LogP contribution >= 0.6 is 11.5 Å². The van der Waals surface area contributed by atoms with Crippen LogP contribution in [0.5, 0.6) is 0 Å². The predicted octanol–water partition coefficient (Wildman–Crippen LogP) is 3.64. The highest BCUT2D eigenvalue weighted by Gasteiger charge is 2.47. The molecule has 0 radical (unpaired) electrons. The van der Waals surface area contributed by atoms with Gasteiger partial charge in [0.15, 0.2) is 0 Å². The Morgan fingerprint density at radius 1 is 0.688 bits per heavy atom. The van der Waals surface area contributed by atoms with Crippen molar-refractivity contribution in [2.75, 3.05) is 0 Å². The van der Waals surface area contributed by atoms with Gasteiger partial charge < -0.3 is 4.98 Å². The standard InChI is InChI=1S/C24H12BClN6/c26-25-31-21-15-9-3-5-11-17(15)23(31)30-24-18-12-6-4-10-16(18)22(32(24)25)29-20-14-8-2-1-7-13(14)19(27-20)28-21/h1-12H/p+1. The predicted molar refractivity (Wildman–Crippen MR) is 126 cm³/mol. The molecule has 5 heterocycles. The van der Waals surface area contributed by atoms with Gasteiger partial charge in [-0.25, -0.2) is 9.48 Å². The molecule has 3 aliphatic rings. The lowest BCUT2D eigenvalue weighted by Crippen LogP contribution is -2.41. The zero-order valence-corrected chi connectivity index (χ0v) is 17.4. The van der Waals surface area contributed by atoms with Gasteiger partial charge in [0, 0.05) is 21.5 Å². The lowest BCUT2D eigenvalue weighted by atomic mass is 10.0. The normalized spacial score (nSPS) is 15.5. The summed E-state index contributed by atoms with van der Waals surface area (Å²) in [4.78, 5) is 18.8. The van der Waals surface area contributed by atoms with Crippen LogP contribution < -0.4 is 11.0 Å². The van der Waals surface area contributed by atoms with Gasteiger partial charge in [-0.15, -0.1) is 11.5 Å². The zero-order chi connectivity index (χ0) is 21.0. The van der Waals surface area contributed by atoms with E-state index in [1.165, 1.54) is 0 Å². The molecule has 6 nitrogen and oxygen atoms in total. The first kappa shape index (κ1) is 16.7. The number of fused-ring (bicyclic) bond motifs is 11. The van der Waals surface area contributed by atoms with E-state index in [-0.39, 0.29) is 0 Å². The molecular formula is C24H13BClN6+. The van der Waals surface area contributed by atoms with E-state index >= 15 is 0 Å². The van der Waals surface area contributed by atoms with E-state index in [2.05, 4.69) is 41.4 Å². The Balaban J connectivity index is 1.69. The van der Waals surface area contributed by atoms with Crippen LogP contribution in [-0.4, -0.2) is 32.0 Å². The van der Waals surface area contributed by atoms with E-state index in [1.54, 1.807) is 0 Å². The SMILES string of the molecule is ClB1n2c3c4ccccc4c2N=c2[nH]c(c4ccccc24)=NC2=[N+]1C(=N3)c1ccccc12. The van der Waals surface area contributed by atoms with Crippen molar-refractivity contribution < 1.29 is 4.49 Å². The minimum absolute atomic E-state index is 0.545. The molecule has 0 spiro atoms. The largest absolute Gasteiger partial charge is 0.583 e. The van der Waals surface area contributed by atoms with Gasteiger partial charge in [-0.3, -0.25) is 4.48 Å². The summed E-state index contributed by atoms with van der Waals surface area (Å²) in [6.45, 7) is 0. The molecule has 0 saturated carbocycles. The number of amidine groups is 2. The summed E-state index contributed by atoms with van der Waals surface area (Å²) >= 11 is 7.20. The minimum atomic E-state index is -0.545. The first-order valence-corrected chi connectivity index (χ1v) is 10.9. The minimum Gasteiger partial charge on any atom is -0.310 e. The molecule has 0 amide bonds. The molecule has 8 rings (SSSR count). The lowest BCUT2D eigenvalue weighted by molar-refractivity contribution is -0.244. The average molecular weight is 432 g/mol. The van der Waals surface area contributed by atoms with Crippen molar-refractivity contribution in [3.05, 3.63) is 94.9 Å². The number of nitrogens with one attached hydrogen (secondary N) is 1. The van der Waals surface area contributed by atoms with Gasteiger partial charge in [-0.05, 0) is 24.3 Å². The van der Waals surface area contributed by atoms with Crippen molar-refractivity contribution in [2.45, 2.75) is 0 Å². The number of benzene rings is 3. The molecule has 148 valence electrons. The maximum atomic E-state index is 7.20. The summed E-state index contributed by atoms with van der Waals surface area (Å²) in [5.74, 6) is 3.21. The van der Waals surface area contributed by atoms with Crippen LogP contribution in [0.15, 0.2) is 87.8 Å². The fraction of sp³-hybridized carbons (Fsp3) is 0. The molecule has 8 heteroatoms. The second-order valence-corrected chi connectivity index (χ2v) is 8.53. The van der Waals surface area contributed by atoms with Gasteiger partial charge >= 0.3 is 6.40 Å². The van der Waals surface area contributed by atoms with Crippen LogP contribution in [0, 0.1) is 0 Å². The summed E-state index contributed by atoms with van der Waals surface area (Å²) < 4.78 is 4.02. The summed E-state index contributed by atoms with van der Waals surface area (Å²) in [5, 5.41) is 4.10. The Morgan fingerprint density at radius 2 is 1.25 bits per heavy atom. The third kappa shape index (κ3) is 1.89. The molecule has 0 fully saturated rings. The van der Waals surface area contributed by atoms with Crippen LogP contribution in [0.25, 0.3) is 21.5 Å². The number of aliphatic imine (C=N–C) groups is 1. The second-order valence-electron chi connectivity index (χ2n) is 8.14. The molecule has 3 aromatic carbocycles. The number of aromatic amines is 1. The van der Waals surface area contributed by atoms with E-state index in [9.17, 15) is 0 Å². The van der Waals surface area contributed by atoms with Crippen molar-refractivity contribution in [3.8, 4) is 0 Å². The van der Waals surface area contributed by atoms with Crippen LogP contribution in [0.2, 0.25) is 0 Å². The molecule has 0 aliphatic carbocycles. The summed E-state index contributed by atoms with van der Waals surface area (Å²) in [6, 6.07) is 24.6. The van der Waals surface area contributed by atoms with Crippen molar-refractivity contribution in [2.24, 2.45) is 15.0 Å². The van der Waals surface area contributed by atoms with Crippen molar-refractivity contribution in [1.82, 2.24) is 9.46 Å². The zero-order valence-electron chi connectivity index (χ0n) is 16.6. The lowest BCUT2D eigenvalue weighted by Gasteiger charge is -2.16. The average Bonchev–Trinajstić information content (AvgIpc) is 3.45. The van der Waals surface area contributed by atoms with Crippen molar-refractivity contribution in [1.29, 1.82) is 0 Å². The summed E-state index contributed by atoms with van der Waals surface area (Å²) in [7, 11) is 0. The Morgan fingerprint density at radius 3 is 1.97 bits per heavy atom. The Labute approximate surface area is 186 Å². The van der Waals surface area contributed by atoms with Gasteiger partial charge in [0.2, 0.25) is 11.3 Å². The van der Waals surface area contributed by atoms with Gasteiger partial charge in [0.05, 0.1) is 11.1 Å². The number of halogens is 1. The third-order valence-electron chi connectivity index (χ3n) is 6.48. The van der Waals surface area contributed by atoms with Crippen LogP contribution in [0.1, 0.15) is 11.1 Å². The molecule has 2 aromatic heterocycles. The maximum absolute atomic E-state index is 7.20. The van der Waals surface area contributed by atoms with E-state index in [0.717, 1.165) is 67.0 Å². The second kappa shape index (κ2) is 5.63. The molecule has 1 N–H and O–H groups in total. The third-order valence-corrected chi connectivity index (χ3v) is 6.87. The van der Waals surface area contributed by atoms with Gasteiger partial charge in [0.25, 0.3) is 11.7 Å². The number of rotatable bonds is 0. The number of aromatic nitrogens is 2. The van der Waals surface area contributed by atoms with Crippen molar-refractivity contribution in [3.63, 3.8) is 0 Å². The van der Waals surface area contributed by atoms with Crippen molar-refractivity contribution >= 4 is 62.7 Å². The molecular weight excluding hydrogens is 419 g/mol. The Hall–Kier alpha value is -3.97. The van der Waals surface area contributed by atoms with E-state index in [0.29, 0.717) is 0 Å². The summed E-state index contributed by atoms with van der Waals surface area (Å²) in [6.07, 6.45) is -0.545. The summed E-state index contributed by atoms with van der Waals surface area (Å²) in [5.41, 5.74) is 3.59. The first-order chi connectivity index (χ1) is 15.8. The van der Waals surface area contributed by atoms with Crippen LogP contribution in [0.3, 0.4) is 0 Å². The van der Waals surface area contributed by atoms with Gasteiger partial charge in [-0.2, -0.15) is 0 Å². The molecule has 0 saturated heterocycles. The molecule has 0 unspecified atom stereocenters. The highest BCUT2D eigenvalue weighted by Crippen LogP contribution is 2.42. The Kier molecular flexibility index (Phi) is 2.94. The number of H-pyrrole nitrogens is 1. The topological polar surface area (TPSA) is 60.8 Å². The fourth-order valence-corrected chi connectivity index (χ4v) is 5.44. The maximum Gasteiger partial charge on any atom is 0.583 e. The fourth-order valence-electron chi connectivity index (χ4n) is 5.07. The highest BCUT2D eigenvalue weighted by molar-refractivity contribution is 7.02. The van der Waals surface area contributed by atoms with Gasteiger partial charge in [0.1, 0.15) is 11.3 Å². The molecule has 3 aliphatic heterocycles.